The second-order valence-corrected chi connectivity index (χ2v) is 22.6. The van der Waals surface area contributed by atoms with Crippen LogP contribution in [0.25, 0.3) is 0 Å². The molecule has 1 unspecified atom stereocenters. The average Bonchev–Trinajstić information content (AvgIpc) is 3.52. The number of rotatable bonds is 24. The fourth-order valence-corrected chi connectivity index (χ4v) is 10.2. The van der Waals surface area contributed by atoms with Crippen LogP contribution in [-0.4, -0.2) is 127 Å². The van der Waals surface area contributed by atoms with Crippen LogP contribution in [0.3, 0.4) is 0 Å². The van der Waals surface area contributed by atoms with Gasteiger partial charge < -0.3 is 14.7 Å². The van der Waals surface area contributed by atoms with Crippen molar-refractivity contribution >= 4 is 81.5 Å². The van der Waals surface area contributed by atoms with Crippen LogP contribution in [0.1, 0.15) is 84.7 Å². The summed E-state index contributed by atoms with van der Waals surface area (Å²) in [6.45, 7) is 4.81. The molecule has 4 rings (SSSR count). The number of hydrogen-bond acceptors (Lipinski definition) is 16. The van der Waals surface area contributed by atoms with Gasteiger partial charge in [0.25, 0.3) is 40.5 Å². The van der Waals surface area contributed by atoms with Crippen molar-refractivity contribution in [1.82, 2.24) is 0 Å². The molecule has 21 nitrogen and oxygen atoms in total. The number of benzene rings is 2. The van der Waals surface area contributed by atoms with E-state index in [9.17, 15) is 62.0 Å². The topological polar surface area (TPSA) is 326 Å². The van der Waals surface area contributed by atoms with Gasteiger partial charge in [-0.1, -0.05) is 23.3 Å². The first kappa shape index (κ1) is 52.6. The van der Waals surface area contributed by atoms with E-state index in [0.717, 1.165) is 6.07 Å². The Balaban J connectivity index is 1.82. The summed E-state index contributed by atoms with van der Waals surface area (Å²) in [7, 11) is -17.5. The molecule has 2 aliphatic rings. The zero-order valence-corrected chi connectivity index (χ0v) is 38.8. The summed E-state index contributed by atoms with van der Waals surface area (Å²) in [5.74, 6) is -4.89. The smallest absolute Gasteiger partial charge is 0.338 e. The third kappa shape index (κ3) is 14.2. The van der Waals surface area contributed by atoms with Gasteiger partial charge in [-0.2, -0.15) is 38.2 Å². The highest BCUT2D eigenvalue weighted by atomic mass is 32.2. The highest BCUT2D eigenvalue weighted by Gasteiger charge is 2.48. The molecular weight excluding hydrogens is 949 g/mol. The van der Waals surface area contributed by atoms with Crippen molar-refractivity contribution in [3.05, 3.63) is 88.7 Å². The summed E-state index contributed by atoms with van der Waals surface area (Å²) in [6.07, 6.45) is 7.90. The molecule has 354 valence electrons. The van der Waals surface area contributed by atoms with Crippen molar-refractivity contribution in [2.75, 3.05) is 47.6 Å². The second-order valence-electron chi connectivity index (χ2n) is 15.5. The summed E-state index contributed by atoms with van der Waals surface area (Å²) in [4.78, 5) is 28.1. The normalized spacial score (nSPS) is 18.4. The Hall–Kier alpha value is -4.06. The number of carbonyl (C=O) groups is 2. The van der Waals surface area contributed by atoms with Crippen LogP contribution in [0.5, 0.6) is 0 Å². The van der Waals surface area contributed by atoms with Gasteiger partial charge in [-0.3, -0.25) is 18.2 Å². The van der Waals surface area contributed by atoms with Gasteiger partial charge in [0.2, 0.25) is 5.69 Å². The van der Waals surface area contributed by atoms with E-state index in [2.05, 4.69) is 9.37 Å². The number of esters is 1. The molecule has 2 aromatic carbocycles. The summed E-state index contributed by atoms with van der Waals surface area (Å²) in [6, 6.07) is 7.44. The third-order valence-corrected chi connectivity index (χ3v) is 14.3. The van der Waals surface area contributed by atoms with Crippen molar-refractivity contribution in [3.8, 4) is 0 Å². The Bertz CT molecular complexity index is 2690. The fraction of sp³-hybridized carbons (Fsp3) is 0.447. The molecule has 0 bridgehead atoms. The minimum absolute atomic E-state index is 0.00666. The standard InChI is InChI=1S/C38H48N2O19S5/c1-37(2)32(40(17-9-21-63(51,52)53)31-24-26(35(41)42)23-28(34(31)37)36(43)57-18-10-22-64(54,55)56)11-5-4-6-12-33-38(3,15-7-19-61(45,46)47)29-25-27(60-59-58-44)13-14-30(29)39(33)16-8-20-62(48,49)50/h4-6,11-14,23-25H,7-10,15-22H2,1-3H3,(H5-,41,42,44,45,46,47,48,49,50,51,52,53,54,55,56)/p+1. The van der Waals surface area contributed by atoms with Crippen molar-refractivity contribution in [3.63, 3.8) is 0 Å². The maximum atomic E-state index is 13.5. The molecule has 26 heteroatoms. The first-order chi connectivity index (χ1) is 29.6. The number of hydrogen-bond donors (Lipinski definition) is 6. The van der Waals surface area contributed by atoms with Crippen LogP contribution < -0.4 is 4.90 Å². The maximum absolute atomic E-state index is 13.5. The molecule has 2 aromatic rings. The quantitative estimate of drug-likeness (QED) is 0.0122. The molecular formula is C38H49N2O19S5+. The Labute approximate surface area is 375 Å². The van der Waals surface area contributed by atoms with Crippen LogP contribution in [0.2, 0.25) is 0 Å². The van der Waals surface area contributed by atoms with Crippen LogP contribution in [0.4, 0.5) is 11.4 Å². The van der Waals surface area contributed by atoms with E-state index in [1.54, 1.807) is 71.9 Å². The molecule has 0 aliphatic carbocycles. The SMILES string of the molecule is CC1(C)C(/C=C/C=C/C=C2/N(CCCS(=O)(=O)O)c3ccc(SOOO)cc3C2(C)CCCS(=O)(=O)O)=[N+](CCCS(=O)(=O)O)c2cc(C(=O)O)cc(C(=O)OCCCS(=O)(=O)O)c21. The van der Waals surface area contributed by atoms with E-state index in [1.807, 2.05) is 6.92 Å². The lowest BCUT2D eigenvalue weighted by atomic mass is 9.77. The molecule has 0 aromatic heterocycles. The summed E-state index contributed by atoms with van der Waals surface area (Å²) >= 11 is 0.673. The van der Waals surface area contributed by atoms with Gasteiger partial charge in [0.15, 0.2) is 5.71 Å². The average molecular weight is 998 g/mol. The van der Waals surface area contributed by atoms with Gasteiger partial charge in [-0.15, -0.1) is 4.33 Å². The van der Waals surface area contributed by atoms with E-state index < -0.39 is 92.9 Å². The molecule has 0 fully saturated rings. The maximum Gasteiger partial charge on any atom is 0.338 e. The zero-order valence-electron chi connectivity index (χ0n) is 34.7. The van der Waals surface area contributed by atoms with Crippen molar-refractivity contribution in [1.29, 1.82) is 0 Å². The zero-order chi connectivity index (χ0) is 47.9. The molecule has 0 radical (unpaired) electrons. The van der Waals surface area contributed by atoms with Crippen LogP contribution in [-0.2, 0) is 65.4 Å². The van der Waals surface area contributed by atoms with Crippen molar-refractivity contribution in [2.24, 2.45) is 0 Å². The van der Waals surface area contributed by atoms with Gasteiger partial charge in [0.1, 0.15) is 6.54 Å². The van der Waals surface area contributed by atoms with Crippen molar-refractivity contribution < 1.29 is 90.5 Å². The minimum Gasteiger partial charge on any atom is -0.478 e. The first-order valence-electron chi connectivity index (χ1n) is 19.2. The summed E-state index contributed by atoms with van der Waals surface area (Å²) in [5.41, 5.74) is 0.179. The fourth-order valence-electron chi connectivity index (χ4n) is 7.82. The van der Waals surface area contributed by atoms with E-state index in [4.69, 9.17) is 14.5 Å². The lowest BCUT2D eigenvalue weighted by Gasteiger charge is -2.30. The predicted octanol–water partition coefficient (Wildman–Crippen LogP) is 4.62. The van der Waals surface area contributed by atoms with Crippen LogP contribution in [0, 0.1) is 0 Å². The van der Waals surface area contributed by atoms with Gasteiger partial charge >= 0.3 is 11.9 Å². The Morgan fingerprint density at radius 3 is 2.02 bits per heavy atom. The molecule has 0 saturated carbocycles. The monoisotopic (exact) mass is 997 g/mol. The number of carboxylic acids is 1. The molecule has 64 heavy (non-hydrogen) atoms. The van der Waals surface area contributed by atoms with Gasteiger partial charge in [-0.25, -0.2) is 14.8 Å². The molecule has 2 heterocycles. The number of carboxylic acid groups (broad SMARTS) is 1. The molecule has 0 spiro atoms. The van der Waals surface area contributed by atoms with Gasteiger partial charge in [-0.05, 0) is 82.4 Å². The van der Waals surface area contributed by atoms with Crippen LogP contribution in [0.15, 0.2) is 71.3 Å². The number of carbonyl (C=O) groups excluding carboxylic acids is 1. The highest BCUT2D eigenvalue weighted by molar-refractivity contribution is 7.94. The van der Waals surface area contributed by atoms with E-state index in [-0.39, 0.29) is 62.0 Å². The lowest BCUT2D eigenvalue weighted by Crippen LogP contribution is -2.30. The lowest BCUT2D eigenvalue weighted by molar-refractivity contribution is -0.437. The Kier molecular flexibility index (Phi) is 17.3. The Morgan fingerprint density at radius 2 is 1.41 bits per heavy atom. The number of allylic oxidation sites excluding steroid dienone is 6. The predicted molar refractivity (Wildman–Crippen MR) is 233 cm³/mol. The van der Waals surface area contributed by atoms with E-state index in [0.29, 0.717) is 45.2 Å². The summed E-state index contributed by atoms with van der Waals surface area (Å²) < 4.78 is 142. The van der Waals surface area contributed by atoms with Gasteiger partial charge in [0, 0.05) is 46.8 Å². The first-order valence-corrected chi connectivity index (χ1v) is 26.4. The Morgan fingerprint density at radius 1 is 0.797 bits per heavy atom. The molecule has 1 atom stereocenters. The molecule has 2 aliphatic heterocycles. The highest BCUT2D eigenvalue weighted by Crippen LogP contribution is 2.52. The van der Waals surface area contributed by atoms with Gasteiger partial charge in [0.05, 0.1) is 63.8 Å². The van der Waals surface area contributed by atoms with Crippen molar-refractivity contribution in [2.45, 2.75) is 68.6 Å². The minimum atomic E-state index is -4.42. The number of fused-ring (bicyclic) bond motifs is 2. The third-order valence-electron chi connectivity index (χ3n) is 10.5. The second kappa shape index (κ2) is 21.1. The number of ether oxygens (including phenoxy) is 1. The van der Waals surface area contributed by atoms with E-state index >= 15 is 0 Å². The largest absolute Gasteiger partial charge is 0.478 e. The molecule has 0 saturated heterocycles. The van der Waals surface area contributed by atoms with E-state index in [1.165, 1.54) is 6.07 Å². The summed E-state index contributed by atoms with van der Waals surface area (Å²) in [5, 5.41) is 22.5. The number of aromatic carboxylic acids is 1. The number of anilines is 1. The molecule has 6 N–H and O–H groups in total. The molecule has 0 amide bonds. The van der Waals surface area contributed by atoms with Crippen LogP contribution >= 0.6 is 12.0 Å². The number of nitrogens with zero attached hydrogens (tertiary/aromatic N) is 2.